The van der Waals surface area contributed by atoms with E-state index >= 15 is 0 Å². The number of pyridine rings is 1. The van der Waals surface area contributed by atoms with Crippen LogP contribution in [0.3, 0.4) is 0 Å². The number of piperidine rings is 1. The molecule has 22 heavy (non-hydrogen) atoms. The predicted octanol–water partition coefficient (Wildman–Crippen LogP) is 1.15. The lowest BCUT2D eigenvalue weighted by Crippen LogP contribution is -2.46. The summed E-state index contributed by atoms with van der Waals surface area (Å²) in [6, 6.07) is 1.75. The molecule has 7 heteroatoms. The highest BCUT2D eigenvalue weighted by atomic mass is 35.5. The average molecular weight is 323 g/mol. The van der Waals surface area contributed by atoms with Crippen LogP contribution < -0.4 is 10.2 Å². The maximum Gasteiger partial charge on any atom is 0.254 e. The fourth-order valence-electron chi connectivity index (χ4n) is 3.23. The first-order chi connectivity index (χ1) is 10.5. The Balaban J connectivity index is 1.88. The minimum Gasteiger partial charge on any atom is -0.354 e. The molecule has 0 unspecified atom stereocenters. The maximum atomic E-state index is 12.0. The third-order valence-electron chi connectivity index (χ3n) is 4.35. The molecule has 0 radical (unpaired) electrons. The van der Waals surface area contributed by atoms with Crippen LogP contribution in [0, 0.1) is 5.92 Å². The van der Waals surface area contributed by atoms with Crippen molar-refractivity contribution in [3.8, 4) is 0 Å². The number of carbonyl (C=O) groups is 2. The minimum atomic E-state index is -0.129. The predicted molar refractivity (Wildman–Crippen MR) is 84.1 cm³/mol. The van der Waals surface area contributed by atoms with E-state index in [0.717, 1.165) is 19.4 Å². The summed E-state index contributed by atoms with van der Waals surface area (Å²) in [6.45, 7) is 1.45. The van der Waals surface area contributed by atoms with Gasteiger partial charge in [0.15, 0.2) is 0 Å². The quantitative estimate of drug-likeness (QED) is 0.887. The lowest BCUT2D eigenvalue weighted by Gasteiger charge is -2.37. The Morgan fingerprint density at radius 3 is 2.95 bits per heavy atom. The molecule has 1 aromatic rings. The minimum absolute atomic E-state index is 0.00898. The van der Waals surface area contributed by atoms with Gasteiger partial charge in [-0.25, -0.2) is 4.98 Å². The van der Waals surface area contributed by atoms with Gasteiger partial charge in [-0.15, -0.1) is 0 Å². The Morgan fingerprint density at radius 2 is 2.27 bits per heavy atom. The van der Waals surface area contributed by atoms with Gasteiger partial charge in [0.05, 0.1) is 22.5 Å². The molecule has 2 amide bonds. The van der Waals surface area contributed by atoms with Gasteiger partial charge in [-0.1, -0.05) is 11.6 Å². The van der Waals surface area contributed by atoms with E-state index in [1.165, 1.54) is 4.90 Å². The zero-order valence-electron chi connectivity index (χ0n) is 12.7. The topological polar surface area (TPSA) is 65.5 Å². The van der Waals surface area contributed by atoms with Crippen LogP contribution in [0.25, 0.3) is 0 Å². The molecule has 0 spiro atoms. The number of hydrogen-bond acceptors (Lipinski definition) is 4. The second-order valence-electron chi connectivity index (χ2n) is 5.98. The fourth-order valence-corrected chi connectivity index (χ4v) is 3.51. The summed E-state index contributed by atoms with van der Waals surface area (Å²) < 4.78 is 0. The number of fused-ring (bicyclic) bond motifs is 1. The van der Waals surface area contributed by atoms with Gasteiger partial charge in [0, 0.05) is 33.4 Å². The molecule has 3 heterocycles. The summed E-state index contributed by atoms with van der Waals surface area (Å²) in [5.41, 5.74) is 0.466. The number of anilines is 1. The lowest BCUT2D eigenvalue weighted by atomic mass is 9.91. The summed E-state index contributed by atoms with van der Waals surface area (Å²) in [4.78, 5) is 31.8. The number of rotatable bonds is 2. The zero-order valence-corrected chi connectivity index (χ0v) is 13.4. The van der Waals surface area contributed by atoms with Crippen LogP contribution in [0.5, 0.6) is 0 Å². The van der Waals surface area contributed by atoms with E-state index in [4.69, 9.17) is 11.6 Å². The summed E-state index contributed by atoms with van der Waals surface area (Å²) in [7, 11) is 3.38. The molecule has 1 N–H and O–H groups in total. The highest BCUT2D eigenvalue weighted by molar-refractivity contribution is 6.33. The van der Waals surface area contributed by atoms with E-state index in [-0.39, 0.29) is 23.8 Å². The Hall–Kier alpha value is -1.82. The summed E-state index contributed by atoms with van der Waals surface area (Å²) in [5, 5.41) is 3.36. The van der Waals surface area contributed by atoms with Crippen molar-refractivity contribution in [2.45, 2.75) is 18.9 Å². The van der Waals surface area contributed by atoms with E-state index in [1.54, 1.807) is 26.4 Å². The van der Waals surface area contributed by atoms with E-state index < -0.39 is 0 Å². The number of carbonyl (C=O) groups excluding carboxylic acids is 2. The summed E-state index contributed by atoms with van der Waals surface area (Å²) in [5.74, 6) is 0.651. The van der Waals surface area contributed by atoms with Gasteiger partial charge >= 0.3 is 0 Å². The largest absolute Gasteiger partial charge is 0.354 e. The van der Waals surface area contributed by atoms with Crippen molar-refractivity contribution in [2.24, 2.45) is 5.92 Å². The second kappa shape index (κ2) is 5.76. The van der Waals surface area contributed by atoms with Gasteiger partial charge in [-0.2, -0.15) is 0 Å². The van der Waals surface area contributed by atoms with Crippen molar-refractivity contribution in [2.75, 3.05) is 32.1 Å². The fraction of sp³-hybridized carbons (Fsp3) is 0.533. The summed E-state index contributed by atoms with van der Waals surface area (Å²) >= 11 is 6.36. The van der Waals surface area contributed by atoms with Crippen LogP contribution in [0.1, 0.15) is 23.2 Å². The van der Waals surface area contributed by atoms with Crippen molar-refractivity contribution in [3.05, 3.63) is 22.8 Å². The van der Waals surface area contributed by atoms with Crippen LogP contribution in [0.2, 0.25) is 5.02 Å². The van der Waals surface area contributed by atoms with Gasteiger partial charge in [-0.05, 0) is 18.9 Å². The van der Waals surface area contributed by atoms with Crippen molar-refractivity contribution in [3.63, 3.8) is 0 Å². The molecule has 0 aromatic carbocycles. The van der Waals surface area contributed by atoms with E-state index in [0.29, 0.717) is 22.9 Å². The van der Waals surface area contributed by atoms with Crippen molar-refractivity contribution in [1.29, 1.82) is 0 Å². The molecule has 0 bridgehead atoms. The zero-order chi connectivity index (χ0) is 15.9. The normalized spacial score (nSPS) is 24.0. The molecular weight excluding hydrogens is 304 g/mol. The van der Waals surface area contributed by atoms with Crippen molar-refractivity contribution >= 4 is 29.2 Å². The number of nitrogens with one attached hydrogen (secondary N) is 1. The molecule has 2 aliphatic heterocycles. The number of nitrogens with zero attached hydrogens (tertiary/aromatic N) is 3. The Bertz CT molecular complexity index is 620. The smallest absolute Gasteiger partial charge is 0.254 e. The third kappa shape index (κ3) is 2.52. The molecule has 2 saturated heterocycles. The molecule has 1 aromatic heterocycles. The molecule has 0 saturated carbocycles. The van der Waals surface area contributed by atoms with Gasteiger partial charge < -0.3 is 15.1 Å². The number of halogens is 1. The summed E-state index contributed by atoms with van der Waals surface area (Å²) in [6.07, 6.45) is 3.39. The highest BCUT2D eigenvalue weighted by Gasteiger charge is 2.41. The molecule has 0 aliphatic carbocycles. The van der Waals surface area contributed by atoms with Gasteiger partial charge in [-0.3, -0.25) is 9.59 Å². The standard InChI is InChI=1S/C15H19ClN4O2/c1-19(2)15(22)9-6-11(16)13(17-7-9)20-5-3-4-10-12(20)8-18-14(10)21/h6-7,10,12H,3-5,8H2,1-2H3,(H,18,21)/t10-,12-/m1/s1. The molecule has 118 valence electrons. The molecule has 2 fully saturated rings. The molecule has 2 atom stereocenters. The average Bonchev–Trinajstić information content (AvgIpc) is 2.88. The van der Waals surface area contributed by atoms with E-state index in [9.17, 15) is 9.59 Å². The Morgan fingerprint density at radius 1 is 1.50 bits per heavy atom. The number of amides is 2. The lowest BCUT2D eigenvalue weighted by molar-refractivity contribution is -0.123. The van der Waals surface area contributed by atoms with Crippen molar-refractivity contribution in [1.82, 2.24) is 15.2 Å². The molecule has 2 aliphatic rings. The van der Waals surface area contributed by atoms with Crippen LogP contribution >= 0.6 is 11.6 Å². The Kier molecular flexibility index (Phi) is 3.95. The SMILES string of the molecule is CN(C)C(=O)c1cnc(N2CCC[C@H]3C(=O)NC[C@H]32)c(Cl)c1. The number of aromatic nitrogens is 1. The Labute approximate surface area is 134 Å². The number of hydrogen-bond donors (Lipinski definition) is 1. The molecule has 6 nitrogen and oxygen atoms in total. The van der Waals surface area contributed by atoms with Crippen LogP contribution in [-0.4, -0.2) is 54.9 Å². The molecule has 3 rings (SSSR count). The van der Waals surface area contributed by atoms with Crippen LogP contribution in [0.4, 0.5) is 5.82 Å². The first kappa shape index (κ1) is 15.1. The molecular formula is C15H19ClN4O2. The third-order valence-corrected chi connectivity index (χ3v) is 4.63. The van der Waals surface area contributed by atoms with E-state index in [2.05, 4.69) is 15.2 Å². The van der Waals surface area contributed by atoms with Gasteiger partial charge in [0.2, 0.25) is 5.91 Å². The first-order valence-electron chi connectivity index (χ1n) is 7.40. The van der Waals surface area contributed by atoms with Crippen LogP contribution in [-0.2, 0) is 4.79 Å². The second-order valence-corrected chi connectivity index (χ2v) is 6.39. The van der Waals surface area contributed by atoms with E-state index in [1.807, 2.05) is 0 Å². The van der Waals surface area contributed by atoms with Crippen molar-refractivity contribution < 1.29 is 9.59 Å². The van der Waals surface area contributed by atoms with Crippen LogP contribution in [0.15, 0.2) is 12.3 Å². The maximum absolute atomic E-state index is 12.0. The highest BCUT2D eigenvalue weighted by Crippen LogP contribution is 2.34. The monoisotopic (exact) mass is 322 g/mol. The van der Waals surface area contributed by atoms with Gasteiger partial charge in [0.1, 0.15) is 5.82 Å². The van der Waals surface area contributed by atoms with Gasteiger partial charge in [0.25, 0.3) is 5.91 Å². The first-order valence-corrected chi connectivity index (χ1v) is 7.78.